The van der Waals surface area contributed by atoms with Crippen molar-refractivity contribution in [3.05, 3.63) is 75.1 Å². The zero-order valence-electron chi connectivity index (χ0n) is 10.5. The summed E-state index contributed by atoms with van der Waals surface area (Å²) in [5.74, 6) is 0. The third kappa shape index (κ3) is 2.81. The van der Waals surface area contributed by atoms with Gasteiger partial charge in [0.25, 0.3) is 0 Å². The summed E-state index contributed by atoms with van der Waals surface area (Å²) in [5, 5.41) is 0. The second-order valence-corrected chi connectivity index (χ2v) is 3.67. The average Bonchev–Trinajstić information content (AvgIpc) is 2.40. The van der Waals surface area contributed by atoms with Crippen LogP contribution in [0.5, 0.6) is 0 Å². The van der Waals surface area contributed by atoms with E-state index in [4.69, 9.17) is 0 Å². The van der Waals surface area contributed by atoms with Crippen LogP contribution in [0.4, 0.5) is 0 Å². The zero-order valence-corrected chi connectivity index (χ0v) is 10.5. The molecular formula is C13H15N3O3. The molecule has 1 aromatic rings. The molecule has 0 saturated carbocycles. The fourth-order valence-corrected chi connectivity index (χ4v) is 1.57. The summed E-state index contributed by atoms with van der Waals surface area (Å²) in [6, 6.07) is 0. The van der Waals surface area contributed by atoms with Gasteiger partial charge in [-0.1, -0.05) is 18.7 Å². The first-order chi connectivity index (χ1) is 9.08. The van der Waals surface area contributed by atoms with Crippen LogP contribution in [0, 0.1) is 0 Å². The lowest BCUT2D eigenvalue weighted by Crippen LogP contribution is -2.54. The maximum atomic E-state index is 12.0. The van der Waals surface area contributed by atoms with Crippen molar-refractivity contribution in [2.24, 2.45) is 0 Å². The van der Waals surface area contributed by atoms with Gasteiger partial charge in [-0.3, -0.25) is 0 Å². The van der Waals surface area contributed by atoms with Crippen LogP contribution in [-0.2, 0) is 19.6 Å². The van der Waals surface area contributed by atoms with E-state index >= 15 is 0 Å². The van der Waals surface area contributed by atoms with E-state index in [1.54, 1.807) is 0 Å². The molecule has 0 atom stereocenters. The van der Waals surface area contributed by atoms with Gasteiger partial charge in [-0.15, -0.1) is 18.9 Å². The second kappa shape index (κ2) is 6.37. The van der Waals surface area contributed by atoms with Gasteiger partial charge in [-0.2, -0.15) is 0 Å². The highest BCUT2D eigenvalue weighted by molar-refractivity contribution is 4.87. The van der Waals surface area contributed by atoms with Crippen LogP contribution in [0.2, 0.25) is 0 Å². The summed E-state index contributed by atoms with van der Waals surface area (Å²) in [6.07, 6.45) is 4.27. The first-order valence-corrected chi connectivity index (χ1v) is 5.59. The molecule has 0 spiro atoms. The van der Waals surface area contributed by atoms with Gasteiger partial charge in [0.05, 0.1) is 19.6 Å². The molecule has 0 bridgehead atoms. The lowest BCUT2D eigenvalue weighted by molar-refractivity contribution is 0.502. The van der Waals surface area contributed by atoms with Gasteiger partial charge < -0.3 is 0 Å². The summed E-state index contributed by atoms with van der Waals surface area (Å²) >= 11 is 0. The SMILES string of the molecule is C=C=CCn1c(=O)n(CC=C)c(=O)n(CC=C)c1=O. The van der Waals surface area contributed by atoms with Crippen molar-refractivity contribution < 1.29 is 0 Å². The topological polar surface area (TPSA) is 66.0 Å². The van der Waals surface area contributed by atoms with Crippen molar-refractivity contribution in [2.75, 3.05) is 0 Å². The van der Waals surface area contributed by atoms with Crippen LogP contribution in [-0.4, -0.2) is 13.7 Å². The Kier molecular flexibility index (Phi) is 4.85. The fraction of sp³-hybridized carbons (Fsp3) is 0.231. The van der Waals surface area contributed by atoms with Gasteiger partial charge in [-0.05, 0) is 6.08 Å². The minimum absolute atomic E-state index is 0.00966. The van der Waals surface area contributed by atoms with Crippen LogP contribution in [0.3, 0.4) is 0 Å². The predicted molar refractivity (Wildman–Crippen MR) is 73.3 cm³/mol. The van der Waals surface area contributed by atoms with Crippen LogP contribution in [0.1, 0.15) is 0 Å². The Hall–Kier alpha value is -2.59. The quantitative estimate of drug-likeness (QED) is 0.530. The summed E-state index contributed by atoms with van der Waals surface area (Å²) in [5.41, 5.74) is 0.447. The van der Waals surface area contributed by atoms with Crippen molar-refractivity contribution in [2.45, 2.75) is 19.6 Å². The summed E-state index contributed by atoms with van der Waals surface area (Å²) in [7, 11) is 0. The Bertz CT molecular complexity index is 664. The Morgan fingerprint density at radius 2 is 1.21 bits per heavy atom. The van der Waals surface area contributed by atoms with Gasteiger partial charge >= 0.3 is 17.1 Å². The molecule has 0 amide bonds. The molecule has 1 heterocycles. The predicted octanol–water partition coefficient (Wildman–Crippen LogP) is -0.115. The molecule has 100 valence electrons. The Balaban J connectivity index is 3.72. The molecule has 6 heteroatoms. The minimum atomic E-state index is -0.679. The van der Waals surface area contributed by atoms with Crippen molar-refractivity contribution in [3.8, 4) is 0 Å². The number of nitrogens with zero attached hydrogens (tertiary/aromatic N) is 3. The van der Waals surface area contributed by atoms with Crippen molar-refractivity contribution in [1.82, 2.24) is 13.7 Å². The number of hydrogen-bond acceptors (Lipinski definition) is 3. The zero-order chi connectivity index (χ0) is 14.4. The van der Waals surface area contributed by atoms with E-state index in [0.717, 1.165) is 13.7 Å². The van der Waals surface area contributed by atoms with Crippen LogP contribution in [0.15, 0.2) is 58.1 Å². The van der Waals surface area contributed by atoms with Gasteiger partial charge in [0, 0.05) is 0 Å². The van der Waals surface area contributed by atoms with E-state index in [9.17, 15) is 14.4 Å². The smallest absolute Gasteiger partial charge is 0.247 e. The molecule has 0 aliphatic heterocycles. The van der Waals surface area contributed by atoms with E-state index in [0.29, 0.717) is 0 Å². The highest BCUT2D eigenvalue weighted by Gasteiger charge is 2.12. The standard InChI is InChI=1S/C13H15N3O3/c1-4-7-10-16-12(18)14(8-5-2)11(17)15(9-6-3)13(16)19/h5-7H,1-3,8-10H2. The highest BCUT2D eigenvalue weighted by atomic mass is 16.2. The van der Waals surface area contributed by atoms with E-state index in [1.807, 2.05) is 0 Å². The average molecular weight is 261 g/mol. The molecule has 1 aromatic heterocycles. The molecule has 19 heavy (non-hydrogen) atoms. The Morgan fingerprint density at radius 1 is 0.842 bits per heavy atom. The number of aromatic nitrogens is 3. The van der Waals surface area contributed by atoms with E-state index < -0.39 is 17.1 Å². The summed E-state index contributed by atoms with van der Waals surface area (Å²) in [4.78, 5) is 36.1. The highest BCUT2D eigenvalue weighted by Crippen LogP contribution is 1.80. The number of allylic oxidation sites excluding steroid dienone is 3. The van der Waals surface area contributed by atoms with Crippen LogP contribution in [0.25, 0.3) is 0 Å². The van der Waals surface area contributed by atoms with E-state index in [-0.39, 0.29) is 19.6 Å². The van der Waals surface area contributed by atoms with Gasteiger partial charge in [0.1, 0.15) is 0 Å². The van der Waals surface area contributed by atoms with Gasteiger partial charge in [0.15, 0.2) is 0 Å². The Labute approximate surface area is 109 Å². The van der Waals surface area contributed by atoms with Crippen LogP contribution >= 0.6 is 0 Å². The van der Waals surface area contributed by atoms with E-state index in [1.165, 1.54) is 18.2 Å². The fourth-order valence-electron chi connectivity index (χ4n) is 1.57. The second-order valence-electron chi connectivity index (χ2n) is 3.67. The van der Waals surface area contributed by atoms with Crippen LogP contribution < -0.4 is 17.1 Å². The molecule has 0 N–H and O–H groups in total. The lowest BCUT2D eigenvalue weighted by atomic mass is 10.5. The molecule has 1 rings (SSSR count). The minimum Gasteiger partial charge on any atom is -0.247 e. The van der Waals surface area contributed by atoms with E-state index in [2.05, 4.69) is 25.5 Å². The Morgan fingerprint density at radius 3 is 1.53 bits per heavy atom. The van der Waals surface area contributed by atoms with Gasteiger partial charge in [-0.25, -0.2) is 28.1 Å². The molecule has 0 aliphatic rings. The molecule has 0 unspecified atom stereocenters. The maximum absolute atomic E-state index is 12.0. The molecular weight excluding hydrogens is 246 g/mol. The van der Waals surface area contributed by atoms with Crippen molar-refractivity contribution in [3.63, 3.8) is 0 Å². The largest absolute Gasteiger partial charge is 0.336 e. The summed E-state index contributed by atoms with van der Waals surface area (Å²) in [6.45, 7) is 10.4. The number of rotatable bonds is 6. The normalized spacial score (nSPS) is 9.68. The molecule has 0 fully saturated rings. The molecule has 0 radical (unpaired) electrons. The molecule has 0 aromatic carbocycles. The molecule has 6 nitrogen and oxygen atoms in total. The first-order valence-electron chi connectivity index (χ1n) is 5.59. The van der Waals surface area contributed by atoms with Crippen molar-refractivity contribution in [1.29, 1.82) is 0 Å². The summed E-state index contributed by atoms with van der Waals surface area (Å²) < 4.78 is 2.82. The third-order valence-electron chi connectivity index (χ3n) is 2.43. The number of hydrogen-bond donors (Lipinski definition) is 0. The maximum Gasteiger partial charge on any atom is 0.336 e. The third-order valence-corrected chi connectivity index (χ3v) is 2.43. The molecule has 0 saturated heterocycles. The monoisotopic (exact) mass is 261 g/mol. The van der Waals surface area contributed by atoms with Gasteiger partial charge in [0.2, 0.25) is 0 Å². The van der Waals surface area contributed by atoms with Crippen molar-refractivity contribution >= 4 is 0 Å². The lowest BCUT2D eigenvalue weighted by Gasteiger charge is -2.10. The first kappa shape index (κ1) is 14.5. The molecule has 0 aliphatic carbocycles.